The van der Waals surface area contributed by atoms with E-state index in [2.05, 4.69) is 16.9 Å². The Morgan fingerprint density at radius 1 is 1.11 bits per heavy atom. The normalized spacial score (nSPS) is 18.0. The zero-order valence-corrected chi connectivity index (χ0v) is 16.0. The predicted molar refractivity (Wildman–Crippen MR) is 105 cm³/mol. The predicted octanol–water partition coefficient (Wildman–Crippen LogP) is 3.54. The lowest BCUT2D eigenvalue weighted by molar-refractivity contribution is 0.199. The molecule has 140 valence electrons. The molecule has 0 unspecified atom stereocenters. The van der Waals surface area contributed by atoms with Crippen LogP contribution < -0.4 is 4.74 Å². The first-order valence-corrected chi connectivity index (χ1v) is 10.6. The molecule has 1 saturated heterocycles. The third kappa shape index (κ3) is 3.55. The van der Waals surface area contributed by atoms with E-state index in [1.165, 1.54) is 12.6 Å². The lowest BCUT2D eigenvalue weighted by Crippen LogP contribution is -2.30. The minimum absolute atomic E-state index is 0.189. The minimum atomic E-state index is -3.59. The quantitative estimate of drug-likeness (QED) is 0.675. The second-order valence-corrected chi connectivity index (χ2v) is 8.85. The van der Waals surface area contributed by atoms with Crippen LogP contribution in [0.4, 0.5) is 0 Å². The van der Waals surface area contributed by atoms with Crippen molar-refractivity contribution in [2.45, 2.75) is 28.7 Å². The number of ether oxygens (including phenoxy) is 1. The summed E-state index contributed by atoms with van der Waals surface area (Å²) in [6.45, 7) is 1.71. The van der Waals surface area contributed by atoms with E-state index in [1.54, 1.807) is 36.4 Å². The number of rotatable bonds is 5. The molecule has 1 aromatic heterocycles. The Kier molecular flexibility index (Phi) is 4.85. The maximum atomic E-state index is 12.8. The Hall–Kier alpha value is -2.44. The number of fused-ring (bicyclic) bond motifs is 1. The van der Waals surface area contributed by atoms with Crippen LogP contribution in [0.25, 0.3) is 10.9 Å². The Labute approximate surface area is 159 Å². The third-order valence-corrected chi connectivity index (χ3v) is 6.85. The van der Waals surface area contributed by atoms with E-state index in [9.17, 15) is 8.42 Å². The summed E-state index contributed by atoms with van der Waals surface area (Å²) in [5.74, 6) is 0.691. The van der Waals surface area contributed by atoms with Crippen LogP contribution in [0.1, 0.15) is 12.8 Å². The molecule has 2 heterocycles. The Morgan fingerprint density at radius 2 is 1.93 bits per heavy atom. The Morgan fingerprint density at radius 3 is 2.67 bits per heavy atom. The number of benzene rings is 2. The Bertz CT molecular complexity index is 1050. The summed E-state index contributed by atoms with van der Waals surface area (Å²) in [5.41, 5.74) is 0.685. The molecule has 0 N–H and O–H groups in total. The lowest BCUT2D eigenvalue weighted by Gasteiger charge is -2.20. The monoisotopic (exact) mass is 382 g/mol. The topological polar surface area (TPSA) is 59.5 Å². The average molecular weight is 382 g/mol. The van der Waals surface area contributed by atoms with Gasteiger partial charge in [0.05, 0.1) is 9.79 Å². The van der Waals surface area contributed by atoms with Gasteiger partial charge in [-0.15, -0.1) is 0 Å². The highest BCUT2D eigenvalue weighted by Crippen LogP contribution is 2.28. The molecule has 1 fully saturated rings. The van der Waals surface area contributed by atoms with Crippen LogP contribution in [-0.2, 0) is 9.84 Å². The van der Waals surface area contributed by atoms with E-state index in [1.807, 2.05) is 18.2 Å². The Balaban J connectivity index is 1.64. The fourth-order valence-corrected chi connectivity index (χ4v) is 4.75. The van der Waals surface area contributed by atoms with Gasteiger partial charge in [-0.25, -0.2) is 8.42 Å². The second kappa shape index (κ2) is 7.29. The van der Waals surface area contributed by atoms with Gasteiger partial charge in [-0.05, 0) is 50.7 Å². The molecule has 3 aromatic rings. The number of nitrogens with zero attached hydrogens (tertiary/aromatic N) is 2. The minimum Gasteiger partial charge on any atom is -0.490 e. The molecule has 0 bridgehead atoms. The zero-order chi connectivity index (χ0) is 18.9. The van der Waals surface area contributed by atoms with E-state index in [0.717, 1.165) is 18.4 Å². The van der Waals surface area contributed by atoms with Crippen molar-refractivity contribution in [2.75, 3.05) is 20.2 Å². The molecule has 4 rings (SSSR count). The van der Waals surface area contributed by atoms with Gasteiger partial charge in [0.1, 0.15) is 17.9 Å². The van der Waals surface area contributed by atoms with Crippen molar-refractivity contribution < 1.29 is 13.2 Å². The molecule has 0 saturated carbocycles. The molecule has 0 amide bonds. The maximum absolute atomic E-state index is 12.8. The molecule has 1 aliphatic heterocycles. The van der Waals surface area contributed by atoms with Gasteiger partial charge in [-0.3, -0.25) is 4.98 Å². The van der Waals surface area contributed by atoms with Gasteiger partial charge in [0.2, 0.25) is 9.84 Å². The maximum Gasteiger partial charge on any atom is 0.208 e. The van der Waals surface area contributed by atoms with Crippen molar-refractivity contribution >= 4 is 20.7 Å². The van der Waals surface area contributed by atoms with Gasteiger partial charge in [0.15, 0.2) is 0 Å². The molecule has 1 aliphatic rings. The molecule has 0 radical (unpaired) electrons. The van der Waals surface area contributed by atoms with Crippen LogP contribution in [0.15, 0.2) is 70.6 Å². The van der Waals surface area contributed by atoms with E-state index in [4.69, 9.17) is 4.74 Å². The molecule has 27 heavy (non-hydrogen) atoms. The molecule has 1 atom stereocenters. The van der Waals surface area contributed by atoms with E-state index in [0.29, 0.717) is 23.9 Å². The number of sulfone groups is 1. The number of para-hydroxylation sites is 1. The summed E-state index contributed by atoms with van der Waals surface area (Å²) < 4.78 is 31.7. The molecule has 5 nitrogen and oxygen atoms in total. The molecule has 2 aromatic carbocycles. The number of aromatic nitrogens is 1. The third-order valence-electron chi connectivity index (χ3n) is 5.12. The molecule has 6 heteroatoms. The highest BCUT2D eigenvalue weighted by molar-refractivity contribution is 7.91. The van der Waals surface area contributed by atoms with E-state index < -0.39 is 9.84 Å². The van der Waals surface area contributed by atoms with Crippen LogP contribution in [0.5, 0.6) is 5.75 Å². The number of likely N-dealkylation sites (N-methyl/N-ethyl adjacent to an activating group) is 1. The molecular weight excluding hydrogens is 360 g/mol. The molecule has 0 spiro atoms. The number of hydrogen-bond acceptors (Lipinski definition) is 5. The van der Waals surface area contributed by atoms with Crippen LogP contribution >= 0.6 is 0 Å². The van der Waals surface area contributed by atoms with Crippen LogP contribution in [0.2, 0.25) is 0 Å². The summed E-state index contributed by atoms with van der Waals surface area (Å²) >= 11 is 0. The standard InChI is InChI=1S/C21H22N2O3S/c1-23-12-6-8-17(23)15-26-20-11-5-7-16-13-19(14-22-21(16)20)27(24,25)18-9-3-2-4-10-18/h2-5,7,9-11,13-14,17H,6,8,12,15H2,1H3/t17-/m0/s1. The van der Waals surface area contributed by atoms with Crippen molar-refractivity contribution in [2.24, 2.45) is 0 Å². The second-order valence-electron chi connectivity index (χ2n) is 6.90. The SMILES string of the molecule is CN1CCC[C@H]1COc1cccc2cc(S(=O)(=O)c3ccccc3)cnc12. The first-order chi connectivity index (χ1) is 13.1. The van der Waals surface area contributed by atoms with Crippen molar-refractivity contribution in [1.82, 2.24) is 9.88 Å². The summed E-state index contributed by atoms with van der Waals surface area (Å²) in [7, 11) is -1.47. The fourth-order valence-electron chi connectivity index (χ4n) is 3.49. The van der Waals surface area contributed by atoms with E-state index >= 15 is 0 Å². The highest BCUT2D eigenvalue weighted by Gasteiger charge is 2.22. The van der Waals surface area contributed by atoms with Crippen molar-refractivity contribution in [1.29, 1.82) is 0 Å². The van der Waals surface area contributed by atoms with Gasteiger partial charge in [-0.2, -0.15) is 0 Å². The van der Waals surface area contributed by atoms with Crippen LogP contribution in [0.3, 0.4) is 0 Å². The largest absolute Gasteiger partial charge is 0.490 e. The summed E-state index contributed by atoms with van der Waals surface area (Å²) in [6, 6.07) is 16.1. The van der Waals surface area contributed by atoms with Crippen molar-refractivity contribution in [3.05, 3.63) is 60.8 Å². The zero-order valence-electron chi connectivity index (χ0n) is 15.2. The smallest absolute Gasteiger partial charge is 0.208 e. The first-order valence-electron chi connectivity index (χ1n) is 9.08. The van der Waals surface area contributed by atoms with Gasteiger partial charge in [-0.1, -0.05) is 30.3 Å². The van der Waals surface area contributed by atoms with E-state index in [-0.39, 0.29) is 9.79 Å². The number of likely N-dealkylation sites (tertiary alicyclic amines) is 1. The summed E-state index contributed by atoms with van der Waals surface area (Å²) in [5, 5.41) is 0.754. The molecule has 0 aliphatic carbocycles. The van der Waals surface area contributed by atoms with Crippen LogP contribution in [-0.4, -0.2) is 44.5 Å². The first kappa shape index (κ1) is 17.9. The van der Waals surface area contributed by atoms with Crippen LogP contribution in [0, 0.1) is 0 Å². The average Bonchev–Trinajstić information content (AvgIpc) is 3.11. The lowest BCUT2D eigenvalue weighted by atomic mass is 10.2. The number of hydrogen-bond donors (Lipinski definition) is 0. The van der Waals surface area contributed by atoms with Gasteiger partial charge in [0.25, 0.3) is 0 Å². The fraction of sp³-hybridized carbons (Fsp3) is 0.286. The number of pyridine rings is 1. The van der Waals surface area contributed by atoms with Gasteiger partial charge >= 0.3 is 0 Å². The van der Waals surface area contributed by atoms with Gasteiger partial charge < -0.3 is 9.64 Å². The summed E-state index contributed by atoms with van der Waals surface area (Å²) in [4.78, 5) is 7.18. The van der Waals surface area contributed by atoms with Crippen molar-refractivity contribution in [3.63, 3.8) is 0 Å². The molecular formula is C21H22N2O3S. The van der Waals surface area contributed by atoms with Gasteiger partial charge in [0, 0.05) is 17.6 Å². The van der Waals surface area contributed by atoms with Crippen molar-refractivity contribution in [3.8, 4) is 5.75 Å². The summed E-state index contributed by atoms with van der Waals surface area (Å²) in [6.07, 6.45) is 3.74. The highest BCUT2D eigenvalue weighted by atomic mass is 32.2.